The van der Waals surface area contributed by atoms with Crippen LogP contribution in [-0.4, -0.2) is 74.4 Å². The maximum Gasteiger partial charge on any atom is 0.258 e. The molecule has 0 unspecified atom stereocenters. The van der Waals surface area contributed by atoms with E-state index in [4.69, 9.17) is 27.9 Å². The number of aliphatic hydroxyl groups excluding tert-OH is 1. The second-order valence-electron chi connectivity index (χ2n) is 9.12. The molecule has 0 aliphatic carbocycles. The minimum absolute atomic E-state index is 0.122. The summed E-state index contributed by atoms with van der Waals surface area (Å²) < 4.78 is 32.8. The second-order valence-corrected chi connectivity index (χ2v) is 11.7. The molecule has 0 radical (unpaired) electrons. The van der Waals surface area contributed by atoms with Gasteiger partial charge in [0.1, 0.15) is 6.10 Å². The number of hydrogen-bond acceptors (Lipinski definition) is 6. The molecule has 0 bridgehead atoms. The molecule has 11 heteroatoms. The molecule has 0 saturated carbocycles. The molecule has 1 amide bonds. The van der Waals surface area contributed by atoms with E-state index < -0.39 is 16.1 Å². The van der Waals surface area contributed by atoms with E-state index in [9.17, 15) is 18.3 Å². The Balaban J connectivity index is 1.96. The first-order chi connectivity index (χ1) is 16.4. The minimum atomic E-state index is -3.61. The lowest BCUT2D eigenvalue weighted by atomic mass is 9.99. The average molecular weight is 545 g/mol. The first-order valence-electron chi connectivity index (χ1n) is 11.2. The first kappa shape index (κ1) is 27.5. The Morgan fingerprint density at radius 3 is 2.60 bits per heavy atom. The molecule has 1 aliphatic rings. The summed E-state index contributed by atoms with van der Waals surface area (Å²) in [5.41, 5.74) is 1.41. The Hall–Kier alpha value is -2.04. The fourth-order valence-corrected chi connectivity index (χ4v) is 4.94. The Bertz CT molecular complexity index is 1180. The number of carbonyl (C=O) groups excluding carboxylic acids is 1. The maximum absolute atomic E-state index is 13.4. The number of fused-ring (bicyclic) bond motifs is 1. The van der Waals surface area contributed by atoms with Gasteiger partial charge in [0.15, 0.2) is 5.75 Å². The van der Waals surface area contributed by atoms with E-state index in [2.05, 4.69) is 9.62 Å². The fourth-order valence-electron chi connectivity index (χ4n) is 4.06. The van der Waals surface area contributed by atoms with Gasteiger partial charge in [-0.15, -0.1) is 0 Å². The van der Waals surface area contributed by atoms with Gasteiger partial charge in [0.2, 0.25) is 10.0 Å². The van der Waals surface area contributed by atoms with Crippen molar-refractivity contribution in [1.82, 2.24) is 9.80 Å². The quantitative estimate of drug-likeness (QED) is 0.526. The molecule has 192 valence electrons. The highest BCUT2D eigenvalue weighted by molar-refractivity contribution is 7.92. The minimum Gasteiger partial charge on any atom is -0.486 e. The van der Waals surface area contributed by atoms with Crippen LogP contribution in [0, 0.1) is 5.92 Å². The number of amides is 1. The fraction of sp³-hybridized carbons (Fsp3) is 0.458. The predicted molar refractivity (Wildman–Crippen MR) is 139 cm³/mol. The number of para-hydroxylation sites is 1. The van der Waals surface area contributed by atoms with Crippen LogP contribution in [0.5, 0.6) is 5.75 Å². The number of ether oxygens (including phenoxy) is 1. The number of likely N-dealkylation sites (N-methyl/N-ethyl adjacent to an activating group) is 1. The van der Waals surface area contributed by atoms with E-state index in [1.54, 1.807) is 36.1 Å². The number of aliphatic hydroxyl groups is 1. The molecule has 2 aromatic rings. The lowest BCUT2D eigenvalue weighted by Gasteiger charge is -2.38. The number of hydrogen-bond donors (Lipinski definition) is 2. The average Bonchev–Trinajstić information content (AvgIpc) is 2.77. The first-order valence-corrected chi connectivity index (χ1v) is 13.9. The highest BCUT2D eigenvalue weighted by Crippen LogP contribution is 2.35. The number of halogens is 2. The summed E-state index contributed by atoms with van der Waals surface area (Å²) in [5.74, 6) is -0.269. The van der Waals surface area contributed by atoms with Crippen molar-refractivity contribution in [3.05, 3.63) is 57.6 Å². The van der Waals surface area contributed by atoms with E-state index in [0.29, 0.717) is 29.7 Å². The lowest BCUT2D eigenvalue weighted by Crippen LogP contribution is -2.49. The Morgan fingerprint density at radius 2 is 1.97 bits per heavy atom. The van der Waals surface area contributed by atoms with Crippen LogP contribution in [0.15, 0.2) is 36.4 Å². The van der Waals surface area contributed by atoms with Crippen LogP contribution in [0.2, 0.25) is 10.0 Å². The molecular formula is C24H31Cl2N3O5S. The second kappa shape index (κ2) is 11.3. The van der Waals surface area contributed by atoms with E-state index >= 15 is 0 Å². The third-order valence-corrected chi connectivity index (χ3v) is 7.24. The topological polar surface area (TPSA) is 99.2 Å². The van der Waals surface area contributed by atoms with Gasteiger partial charge in [-0.05, 0) is 43.8 Å². The number of rotatable bonds is 8. The number of nitrogens with one attached hydrogen (secondary N) is 1. The summed E-state index contributed by atoms with van der Waals surface area (Å²) in [6, 6.07) is 9.82. The van der Waals surface area contributed by atoms with Gasteiger partial charge in [0.25, 0.3) is 5.91 Å². The maximum atomic E-state index is 13.4. The van der Waals surface area contributed by atoms with Gasteiger partial charge >= 0.3 is 0 Å². The van der Waals surface area contributed by atoms with Gasteiger partial charge in [-0.25, -0.2) is 8.42 Å². The van der Waals surface area contributed by atoms with Crippen LogP contribution in [-0.2, 0) is 16.6 Å². The van der Waals surface area contributed by atoms with Crippen molar-refractivity contribution in [2.75, 3.05) is 37.7 Å². The molecule has 1 aliphatic heterocycles. The van der Waals surface area contributed by atoms with Crippen LogP contribution >= 0.6 is 23.2 Å². The molecule has 0 aromatic heterocycles. The molecule has 3 atom stereocenters. The Morgan fingerprint density at radius 1 is 1.26 bits per heavy atom. The third kappa shape index (κ3) is 7.01. The molecule has 0 spiro atoms. The van der Waals surface area contributed by atoms with E-state index in [1.165, 1.54) is 0 Å². The van der Waals surface area contributed by atoms with Crippen molar-refractivity contribution in [1.29, 1.82) is 0 Å². The normalized spacial score (nSPS) is 19.5. The van der Waals surface area contributed by atoms with Crippen LogP contribution in [0.25, 0.3) is 0 Å². The van der Waals surface area contributed by atoms with Gasteiger partial charge in [0, 0.05) is 25.6 Å². The lowest BCUT2D eigenvalue weighted by molar-refractivity contribution is 0.0344. The van der Waals surface area contributed by atoms with Crippen LogP contribution < -0.4 is 9.46 Å². The number of benzene rings is 2. The van der Waals surface area contributed by atoms with E-state index in [1.807, 2.05) is 26.1 Å². The molecule has 2 N–H and O–H groups in total. The summed E-state index contributed by atoms with van der Waals surface area (Å²) in [6.45, 7) is 4.99. The van der Waals surface area contributed by atoms with Crippen LogP contribution in [0.3, 0.4) is 0 Å². The zero-order valence-electron chi connectivity index (χ0n) is 20.2. The molecular weight excluding hydrogens is 513 g/mol. The monoisotopic (exact) mass is 543 g/mol. The number of carbonyl (C=O) groups is 1. The highest BCUT2D eigenvalue weighted by atomic mass is 35.5. The molecule has 8 nitrogen and oxygen atoms in total. The van der Waals surface area contributed by atoms with Crippen molar-refractivity contribution in [3.8, 4) is 5.75 Å². The summed E-state index contributed by atoms with van der Waals surface area (Å²) in [6.07, 6.45) is 0.660. The van der Waals surface area contributed by atoms with Crippen LogP contribution in [0.1, 0.15) is 29.8 Å². The Labute approximate surface area is 216 Å². The van der Waals surface area contributed by atoms with E-state index in [-0.39, 0.29) is 41.5 Å². The molecule has 0 saturated heterocycles. The smallest absolute Gasteiger partial charge is 0.258 e. The SMILES string of the molecule is C[C@@H]1CN([C@H](C)CO)C(=O)c2cccc(NS(C)(=O)=O)c2O[C@@H]1CN(C)Cc1ccc(Cl)c(Cl)c1. The van der Waals surface area contributed by atoms with Crippen molar-refractivity contribution in [2.24, 2.45) is 5.92 Å². The highest BCUT2D eigenvalue weighted by Gasteiger charge is 2.34. The van der Waals surface area contributed by atoms with Gasteiger partial charge < -0.3 is 14.7 Å². The zero-order chi connectivity index (χ0) is 25.9. The van der Waals surface area contributed by atoms with Crippen molar-refractivity contribution < 1.29 is 23.1 Å². The van der Waals surface area contributed by atoms with Gasteiger partial charge in [0.05, 0.1) is 40.2 Å². The van der Waals surface area contributed by atoms with Crippen molar-refractivity contribution in [2.45, 2.75) is 32.5 Å². The summed E-state index contributed by atoms with van der Waals surface area (Å²) in [4.78, 5) is 17.1. The third-order valence-electron chi connectivity index (χ3n) is 5.91. The molecule has 3 rings (SSSR count). The summed E-state index contributed by atoms with van der Waals surface area (Å²) in [7, 11) is -1.67. The largest absolute Gasteiger partial charge is 0.486 e. The standard InChI is InChI=1S/C24H31Cl2N3O5S/c1-15-11-29(16(2)14-30)24(31)18-6-5-7-21(27-35(4,32)33)23(18)34-22(15)13-28(3)12-17-8-9-19(25)20(26)10-17/h5-10,15-16,22,27,30H,11-14H2,1-4H3/t15-,16-,22-/m1/s1. The van der Waals surface area contributed by atoms with Gasteiger partial charge in [-0.1, -0.05) is 42.3 Å². The van der Waals surface area contributed by atoms with E-state index in [0.717, 1.165) is 11.8 Å². The van der Waals surface area contributed by atoms with Crippen LogP contribution in [0.4, 0.5) is 5.69 Å². The number of nitrogens with zero attached hydrogens (tertiary/aromatic N) is 2. The molecule has 2 aromatic carbocycles. The Kier molecular flexibility index (Phi) is 8.93. The summed E-state index contributed by atoms with van der Waals surface area (Å²) >= 11 is 12.2. The summed E-state index contributed by atoms with van der Waals surface area (Å²) in [5, 5.41) is 10.7. The van der Waals surface area contributed by atoms with Crippen molar-refractivity contribution in [3.63, 3.8) is 0 Å². The number of anilines is 1. The molecule has 1 heterocycles. The molecule has 0 fully saturated rings. The van der Waals surface area contributed by atoms with Gasteiger partial charge in [-0.3, -0.25) is 14.4 Å². The van der Waals surface area contributed by atoms with Gasteiger partial charge in [-0.2, -0.15) is 0 Å². The predicted octanol–water partition coefficient (Wildman–Crippen LogP) is 3.72. The molecule has 35 heavy (non-hydrogen) atoms. The van der Waals surface area contributed by atoms with Crippen molar-refractivity contribution >= 4 is 44.8 Å². The number of sulfonamides is 1. The zero-order valence-corrected chi connectivity index (χ0v) is 22.5.